The van der Waals surface area contributed by atoms with Crippen LogP contribution in [-0.4, -0.2) is 63.3 Å². The van der Waals surface area contributed by atoms with Gasteiger partial charge in [-0.1, -0.05) is 6.92 Å². The number of pyridine rings is 1. The summed E-state index contributed by atoms with van der Waals surface area (Å²) in [6.07, 6.45) is 4.67. The van der Waals surface area contributed by atoms with E-state index in [0.717, 1.165) is 82.5 Å². The Kier molecular flexibility index (Phi) is 6.08. The second kappa shape index (κ2) is 8.90. The molecule has 0 saturated carbocycles. The number of carbonyl (C=O) groups is 1. The molecule has 0 atom stereocenters. The second-order valence-electron chi connectivity index (χ2n) is 7.85. The van der Waals surface area contributed by atoms with Gasteiger partial charge in [0.15, 0.2) is 0 Å². The number of nitrogens with one attached hydrogen (secondary N) is 1. The highest BCUT2D eigenvalue weighted by atomic mass is 16.2. The van der Waals surface area contributed by atoms with E-state index in [9.17, 15) is 4.79 Å². The van der Waals surface area contributed by atoms with Crippen molar-refractivity contribution in [3.63, 3.8) is 0 Å². The molecule has 4 heterocycles. The second-order valence-corrected chi connectivity index (χ2v) is 7.85. The Labute approximate surface area is 172 Å². The highest BCUT2D eigenvalue weighted by Crippen LogP contribution is 2.28. The van der Waals surface area contributed by atoms with Crippen molar-refractivity contribution in [1.82, 2.24) is 30.0 Å². The van der Waals surface area contributed by atoms with Crippen LogP contribution in [0.15, 0.2) is 18.3 Å². The number of hydrogen-bond donors (Lipinski definition) is 1. The SMILES string of the molecule is CCCN(CC)c1ccc(C(=O)N2CCC(c3nnc4n3CCNC4)CC2)cn1. The molecule has 2 aliphatic heterocycles. The fourth-order valence-electron chi connectivity index (χ4n) is 4.34. The van der Waals surface area contributed by atoms with Crippen LogP contribution in [0.25, 0.3) is 0 Å². The molecule has 0 aliphatic carbocycles. The number of carbonyl (C=O) groups excluding carboxylic acids is 1. The lowest BCUT2D eigenvalue weighted by Gasteiger charge is -2.32. The van der Waals surface area contributed by atoms with Crippen LogP contribution >= 0.6 is 0 Å². The molecule has 29 heavy (non-hydrogen) atoms. The third-order valence-corrected chi connectivity index (χ3v) is 5.99. The number of nitrogens with zero attached hydrogens (tertiary/aromatic N) is 6. The summed E-state index contributed by atoms with van der Waals surface area (Å²) < 4.78 is 2.26. The van der Waals surface area contributed by atoms with Gasteiger partial charge in [0.05, 0.1) is 12.1 Å². The van der Waals surface area contributed by atoms with Gasteiger partial charge in [-0.3, -0.25) is 4.79 Å². The zero-order valence-corrected chi connectivity index (χ0v) is 17.5. The first-order chi connectivity index (χ1) is 14.2. The largest absolute Gasteiger partial charge is 0.357 e. The zero-order chi connectivity index (χ0) is 20.2. The van der Waals surface area contributed by atoms with Crippen molar-refractivity contribution in [3.8, 4) is 0 Å². The van der Waals surface area contributed by atoms with Crippen LogP contribution in [0.1, 0.15) is 61.0 Å². The summed E-state index contributed by atoms with van der Waals surface area (Å²) in [7, 11) is 0. The first kappa shape index (κ1) is 19.8. The van der Waals surface area contributed by atoms with E-state index in [-0.39, 0.29) is 5.91 Å². The Morgan fingerprint density at radius 2 is 2.03 bits per heavy atom. The van der Waals surface area contributed by atoms with Crippen LogP contribution in [0.4, 0.5) is 5.82 Å². The van der Waals surface area contributed by atoms with Crippen molar-refractivity contribution in [1.29, 1.82) is 0 Å². The van der Waals surface area contributed by atoms with Crippen molar-refractivity contribution in [2.75, 3.05) is 37.6 Å². The number of amides is 1. The summed E-state index contributed by atoms with van der Waals surface area (Å²) in [6, 6.07) is 3.88. The van der Waals surface area contributed by atoms with Crippen LogP contribution in [0.5, 0.6) is 0 Å². The average Bonchev–Trinajstić information content (AvgIpc) is 3.21. The minimum Gasteiger partial charge on any atom is -0.357 e. The summed E-state index contributed by atoms with van der Waals surface area (Å²) in [5, 5.41) is 12.1. The molecule has 0 unspecified atom stereocenters. The Morgan fingerprint density at radius 3 is 2.72 bits per heavy atom. The summed E-state index contributed by atoms with van der Waals surface area (Å²) >= 11 is 0. The van der Waals surface area contributed by atoms with Gasteiger partial charge in [0.2, 0.25) is 0 Å². The van der Waals surface area contributed by atoms with Crippen molar-refractivity contribution in [2.24, 2.45) is 0 Å². The van der Waals surface area contributed by atoms with Crippen molar-refractivity contribution in [3.05, 3.63) is 35.5 Å². The highest BCUT2D eigenvalue weighted by Gasteiger charge is 2.29. The molecule has 1 N–H and O–H groups in total. The van der Waals surface area contributed by atoms with E-state index >= 15 is 0 Å². The number of piperidine rings is 1. The molecule has 2 aromatic heterocycles. The summed E-state index contributed by atoms with van der Waals surface area (Å²) in [5.41, 5.74) is 0.672. The molecule has 8 nitrogen and oxygen atoms in total. The lowest BCUT2D eigenvalue weighted by molar-refractivity contribution is 0.0709. The number of aromatic nitrogens is 4. The van der Waals surface area contributed by atoms with Gasteiger partial charge in [-0.25, -0.2) is 4.98 Å². The first-order valence-electron chi connectivity index (χ1n) is 10.8. The monoisotopic (exact) mass is 397 g/mol. The lowest BCUT2D eigenvalue weighted by atomic mass is 9.95. The Bertz CT molecular complexity index is 824. The Hall–Kier alpha value is -2.48. The number of anilines is 1. The molecule has 156 valence electrons. The molecule has 4 rings (SSSR count). The molecule has 1 saturated heterocycles. The molecule has 2 aromatic rings. The van der Waals surface area contributed by atoms with Gasteiger partial charge in [-0.15, -0.1) is 10.2 Å². The zero-order valence-electron chi connectivity index (χ0n) is 17.5. The van der Waals surface area contributed by atoms with E-state index in [2.05, 4.69) is 43.8 Å². The Balaban J connectivity index is 1.37. The van der Waals surface area contributed by atoms with Crippen molar-refractivity contribution < 1.29 is 4.79 Å². The minimum absolute atomic E-state index is 0.0773. The maximum Gasteiger partial charge on any atom is 0.255 e. The Morgan fingerprint density at radius 1 is 1.21 bits per heavy atom. The smallest absolute Gasteiger partial charge is 0.255 e. The summed E-state index contributed by atoms with van der Waals surface area (Å²) in [4.78, 5) is 21.7. The van der Waals surface area contributed by atoms with Gasteiger partial charge in [0, 0.05) is 51.4 Å². The predicted molar refractivity (Wildman–Crippen MR) is 112 cm³/mol. The lowest BCUT2D eigenvalue weighted by Crippen LogP contribution is -2.39. The van der Waals surface area contributed by atoms with Gasteiger partial charge < -0.3 is 19.7 Å². The molecule has 1 amide bonds. The van der Waals surface area contributed by atoms with E-state index in [1.807, 2.05) is 17.0 Å². The van der Waals surface area contributed by atoms with Crippen molar-refractivity contribution in [2.45, 2.75) is 52.1 Å². The third-order valence-electron chi connectivity index (χ3n) is 5.99. The summed E-state index contributed by atoms with van der Waals surface area (Å²) in [5.74, 6) is 3.52. The number of fused-ring (bicyclic) bond motifs is 1. The molecular weight excluding hydrogens is 366 g/mol. The van der Waals surface area contributed by atoms with E-state index in [1.165, 1.54) is 0 Å². The van der Waals surface area contributed by atoms with Crippen LogP contribution in [0, 0.1) is 0 Å². The third kappa shape index (κ3) is 4.12. The standard InChI is InChI=1S/C21H31N7O/c1-3-10-26(4-2)18-6-5-17(14-23-18)21(29)27-11-7-16(8-12-27)20-25-24-19-15-22-9-13-28(19)20/h5-6,14,16,22H,3-4,7-13,15H2,1-2H3. The van der Waals surface area contributed by atoms with E-state index in [0.29, 0.717) is 11.5 Å². The molecule has 2 aliphatic rings. The molecule has 0 radical (unpaired) electrons. The minimum atomic E-state index is 0.0773. The van der Waals surface area contributed by atoms with Gasteiger partial charge in [0.25, 0.3) is 5.91 Å². The number of hydrogen-bond acceptors (Lipinski definition) is 6. The average molecular weight is 398 g/mol. The van der Waals surface area contributed by atoms with E-state index in [1.54, 1.807) is 6.20 Å². The molecule has 0 spiro atoms. The number of likely N-dealkylation sites (tertiary alicyclic amines) is 1. The normalized spacial score (nSPS) is 17.2. The molecule has 0 aromatic carbocycles. The van der Waals surface area contributed by atoms with Crippen molar-refractivity contribution >= 4 is 11.7 Å². The maximum absolute atomic E-state index is 12.9. The number of rotatable bonds is 6. The van der Waals surface area contributed by atoms with Gasteiger partial charge in [0.1, 0.15) is 17.5 Å². The van der Waals surface area contributed by atoms with Crippen LogP contribution in [-0.2, 0) is 13.1 Å². The molecular formula is C21H31N7O. The van der Waals surface area contributed by atoms with Crippen LogP contribution < -0.4 is 10.2 Å². The van der Waals surface area contributed by atoms with Gasteiger partial charge >= 0.3 is 0 Å². The highest BCUT2D eigenvalue weighted by molar-refractivity contribution is 5.94. The quantitative estimate of drug-likeness (QED) is 0.804. The first-order valence-corrected chi connectivity index (χ1v) is 10.8. The fraction of sp³-hybridized carbons (Fsp3) is 0.619. The van der Waals surface area contributed by atoms with Gasteiger partial charge in [-0.2, -0.15) is 0 Å². The molecule has 0 bridgehead atoms. The van der Waals surface area contributed by atoms with Crippen LogP contribution in [0.3, 0.4) is 0 Å². The topological polar surface area (TPSA) is 79.2 Å². The molecule has 8 heteroatoms. The van der Waals surface area contributed by atoms with E-state index < -0.39 is 0 Å². The fourth-order valence-corrected chi connectivity index (χ4v) is 4.34. The molecule has 1 fully saturated rings. The maximum atomic E-state index is 12.9. The van der Waals surface area contributed by atoms with Crippen LogP contribution in [0.2, 0.25) is 0 Å². The summed E-state index contributed by atoms with van der Waals surface area (Å²) in [6.45, 7) is 10.4. The van der Waals surface area contributed by atoms with Gasteiger partial charge in [-0.05, 0) is 38.3 Å². The van der Waals surface area contributed by atoms with E-state index in [4.69, 9.17) is 0 Å². The predicted octanol–water partition coefficient (Wildman–Crippen LogP) is 2.03.